The monoisotopic (exact) mass is 890 g/mol. The molecule has 0 atom stereocenters. The summed E-state index contributed by atoms with van der Waals surface area (Å²) in [5.74, 6) is -16.2. The van der Waals surface area contributed by atoms with E-state index in [1.807, 2.05) is 26.8 Å². The standard InChI is InChI=1S/C39H38F8N4O7S2/c1-38(2,3)26-14-21(13-24(15-26)22-7-8-22)18-51(28-10-9-23(16-29(28)58-5)37(53)49(4)59(6,54)55)30(52)20-50(19-25-17-48-12-11-27(25)39(45,46)47)60(56,57)36-34(43)32(41)31(40)33(42)35(36)44/h9-17,22H,7-8,18-20H2,1-6H3. The molecule has 1 fully saturated rings. The lowest BCUT2D eigenvalue weighted by molar-refractivity contribution is -0.138. The maximum Gasteiger partial charge on any atom is 0.416 e. The van der Waals surface area contributed by atoms with E-state index in [4.69, 9.17) is 4.74 Å². The van der Waals surface area contributed by atoms with Crippen LogP contribution in [0.3, 0.4) is 0 Å². The summed E-state index contributed by atoms with van der Waals surface area (Å²) < 4.78 is 174. The summed E-state index contributed by atoms with van der Waals surface area (Å²) in [6, 6.07) is 9.26. The third-order valence-electron chi connectivity index (χ3n) is 9.71. The number of anilines is 1. The Hall–Kier alpha value is -5.15. The number of nitrogens with zero attached hydrogens (tertiary/aromatic N) is 4. The molecule has 5 rings (SSSR count). The Balaban J connectivity index is 1.72. The lowest BCUT2D eigenvalue weighted by atomic mass is 9.84. The van der Waals surface area contributed by atoms with Crippen LogP contribution in [0.4, 0.5) is 40.8 Å². The predicted octanol–water partition coefficient (Wildman–Crippen LogP) is 7.44. The Bertz CT molecular complexity index is 2550. The minimum absolute atomic E-state index is 0.172. The van der Waals surface area contributed by atoms with Crippen LogP contribution in [0.5, 0.6) is 5.75 Å². The van der Waals surface area contributed by atoms with Crippen molar-refractivity contribution < 1.29 is 66.3 Å². The van der Waals surface area contributed by atoms with Gasteiger partial charge in [-0.05, 0) is 70.7 Å². The number of sulfonamides is 2. The van der Waals surface area contributed by atoms with Crippen molar-refractivity contribution in [3.8, 4) is 5.75 Å². The molecular formula is C39H38F8N4O7S2. The Morgan fingerprint density at radius 1 is 0.850 bits per heavy atom. The molecule has 1 aliphatic rings. The topological polar surface area (TPSA) is 134 Å². The molecule has 0 spiro atoms. The van der Waals surface area contributed by atoms with Gasteiger partial charge in [-0.15, -0.1) is 0 Å². The fourth-order valence-corrected chi connectivity index (χ4v) is 8.06. The van der Waals surface area contributed by atoms with Crippen LogP contribution in [0.2, 0.25) is 0 Å². The number of amides is 2. The highest BCUT2D eigenvalue weighted by molar-refractivity contribution is 7.89. The first kappa shape index (κ1) is 45.9. The van der Waals surface area contributed by atoms with Gasteiger partial charge in [0.25, 0.3) is 5.91 Å². The average molecular weight is 891 g/mol. The minimum Gasteiger partial charge on any atom is -0.495 e. The molecule has 0 bridgehead atoms. The number of aromatic nitrogens is 1. The van der Waals surface area contributed by atoms with E-state index in [2.05, 4.69) is 4.98 Å². The number of pyridine rings is 1. The number of hydrogen-bond donors (Lipinski definition) is 0. The van der Waals surface area contributed by atoms with Crippen molar-refractivity contribution >= 4 is 37.5 Å². The average Bonchev–Trinajstić information content (AvgIpc) is 4.02. The van der Waals surface area contributed by atoms with Crippen LogP contribution in [-0.2, 0) is 49.5 Å². The molecule has 0 unspecified atom stereocenters. The molecule has 1 saturated carbocycles. The molecule has 3 aromatic carbocycles. The first-order valence-corrected chi connectivity index (χ1v) is 21.1. The van der Waals surface area contributed by atoms with Crippen molar-refractivity contribution in [1.29, 1.82) is 0 Å². The van der Waals surface area contributed by atoms with Crippen LogP contribution in [0.25, 0.3) is 0 Å². The largest absolute Gasteiger partial charge is 0.495 e. The van der Waals surface area contributed by atoms with Gasteiger partial charge in [-0.1, -0.05) is 39.0 Å². The van der Waals surface area contributed by atoms with Gasteiger partial charge in [0.15, 0.2) is 28.2 Å². The second-order valence-electron chi connectivity index (χ2n) is 15.1. The molecule has 1 heterocycles. The number of benzene rings is 3. The van der Waals surface area contributed by atoms with Gasteiger partial charge in [-0.2, -0.15) is 17.5 Å². The maximum absolute atomic E-state index is 15.2. The van der Waals surface area contributed by atoms with Crippen molar-refractivity contribution in [2.24, 2.45) is 0 Å². The van der Waals surface area contributed by atoms with Crippen LogP contribution < -0.4 is 9.64 Å². The Labute approximate surface area is 340 Å². The molecule has 4 aromatic rings. The van der Waals surface area contributed by atoms with Gasteiger partial charge in [0.2, 0.25) is 31.8 Å². The number of alkyl halides is 3. The van der Waals surface area contributed by atoms with Crippen LogP contribution >= 0.6 is 0 Å². The normalized spacial score (nSPS) is 13.7. The number of rotatable bonds is 13. The van der Waals surface area contributed by atoms with Crippen LogP contribution in [0, 0.1) is 29.1 Å². The van der Waals surface area contributed by atoms with E-state index < -0.39 is 108 Å². The molecule has 1 aromatic heterocycles. The highest BCUT2D eigenvalue weighted by Gasteiger charge is 2.41. The zero-order chi connectivity index (χ0) is 44.9. The Morgan fingerprint density at radius 3 is 1.98 bits per heavy atom. The van der Waals surface area contributed by atoms with Gasteiger partial charge in [-0.3, -0.25) is 14.6 Å². The van der Waals surface area contributed by atoms with E-state index in [1.54, 1.807) is 12.1 Å². The van der Waals surface area contributed by atoms with Crippen LogP contribution in [0.15, 0.2) is 59.8 Å². The first-order chi connectivity index (χ1) is 27.7. The molecular weight excluding hydrogens is 853 g/mol. The van der Waals surface area contributed by atoms with Crippen molar-refractivity contribution in [3.05, 3.63) is 117 Å². The van der Waals surface area contributed by atoms with Gasteiger partial charge in [0.05, 0.1) is 37.7 Å². The fourth-order valence-electron chi connectivity index (χ4n) is 6.17. The summed E-state index contributed by atoms with van der Waals surface area (Å²) in [7, 11) is -8.06. The summed E-state index contributed by atoms with van der Waals surface area (Å²) in [4.78, 5) is 29.8. The number of carbonyl (C=O) groups is 2. The Morgan fingerprint density at radius 2 is 1.45 bits per heavy atom. The van der Waals surface area contributed by atoms with Crippen LogP contribution in [-0.4, -0.2) is 69.2 Å². The smallest absolute Gasteiger partial charge is 0.416 e. The summed E-state index contributed by atoms with van der Waals surface area (Å²) >= 11 is 0. The highest BCUT2D eigenvalue weighted by Crippen LogP contribution is 2.43. The second-order valence-corrected chi connectivity index (χ2v) is 19.0. The van der Waals surface area contributed by atoms with Gasteiger partial charge in [0, 0.05) is 31.5 Å². The maximum atomic E-state index is 15.2. The van der Waals surface area contributed by atoms with E-state index in [9.17, 15) is 52.8 Å². The summed E-state index contributed by atoms with van der Waals surface area (Å²) in [5.41, 5.74) is -1.21. The highest BCUT2D eigenvalue weighted by atomic mass is 32.2. The lowest BCUT2D eigenvalue weighted by Gasteiger charge is -2.30. The summed E-state index contributed by atoms with van der Waals surface area (Å²) in [6.07, 6.45) is -1.43. The van der Waals surface area contributed by atoms with E-state index in [1.165, 1.54) is 0 Å². The minimum atomic E-state index is -6.11. The van der Waals surface area contributed by atoms with E-state index in [0.29, 0.717) is 28.3 Å². The first-order valence-electron chi connectivity index (χ1n) is 17.8. The number of methoxy groups -OCH3 is 1. The van der Waals surface area contributed by atoms with Gasteiger partial charge in [0.1, 0.15) is 5.75 Å². The quantitative estimate of drug-likeness (QED) is 0.0769. The zero-order valence-corrected chi connectivity index (χ0v) is 34.4. The molecule has 0 radical (unpaired) electrons. The predicted molar refractivity (Wildman–Crippen MR) is 201 cm³/mol. The number of halogens is 8. The molecule has 0 N–H and O–H groups in total. The molecule has 21 heteroatoms. The van der Waals surface area contributed by atoms with E-state index in [0.717, 1.165) is 67.5 Å². The van der Waals surface area contributed by atoms with E-state index >= 15 is 8.78 Å². The molecule has 11 nitrogen and oxygen atoms in total. The fraction of sp³-hybridized carbons (Fsp3) is 0.359. The van der Waals surface area contributed by atoms with Gasteiger partial charge in [-0.25, -0.2) is 43.1 Å². The van der Waals surface area contributed by atoms with Crippen molar-refractivity contribution in [3.63, 3.8) is 0 Å². The molecule has 1 aliphatic carbocycles. The molecule has 2 amide bonds. The molecule has 0 aliphatic heterocycles. The van der Waals surface area contributed by atoms with Crippen molar-refractivity contribution in [1.82, 2.24) is 13.6 Å². The van der Waals surface area contributed by atoms with Crippen molar-refractivity contribution in [2.45, 2.75) is 69.1 Å². The number of hydrogen-bond acceptors (Lipinski definition) is 8. The molecule has 60 heavy (non-hydrogen) atoms. The molecule has 0 saturated heterocycles. The van der Waals surface area contributed by atoms with Crippen molar-refractivity contribution in [2.75, 3.05) is 31.9 Å². The van der Waals surface area contributed by atoms with Gasteiger partial charge < -0.3 is 9.64 Å². The van der Waals surface area contributed by atoms with E-state index in [-0.39, 0.29) is 27.2 Å². The van der Waals surface area contributed by atoms with Crippen LogP contribution in [0.1, 0.15) is 77.7 Å². The zero-order valence-electron chi connectivity index (χ0n) is 32.8. The Kier molecular flexibility index (Phi) is 12.8. The lowest BCUT2D eigenvalue weighted by Crippen LogP contribution is -2.43. The summed E-state index contributed by atoms with van der Waals surface area (Å²) in [6.45, 7) is 2.24. The number of carbonyl (C=O) groups excluding carboxylic acids is 2. The summed E-state index contributed by atoms with van der Waals surface area (Å²) in [5, 5.41) is 0. The second kappa shape index (κ2) is 16.7. The van der Waals surface area contributed by atoms with Gasteiger partial charge >= 0.3 is 6.18 Å². The SMILES string of the molecule is COc1cc(C(=O)N(C)S(C)(=O)=O)ccc1N(Cc1cc(C2CC2)cc(C(C)(C)C)c1)C(=O)CN(Cc1cnccc1C(F)(F)F)S(=O)(=O)c1c(F)c(F)c(F)c(F)c1F. The number of ether oxygens (including phenoxy) is 1. The third kappa shape index (κ3) is 9.57. The molecule has 324 valence electrons. The third-order valence-corrected chi connectivity index (χ3v) is 12.7.